The number of anilines is 1. The third-order valence-corrected chi connectivity index (χ3v) is 6.90. The predicted octanol–water partition coefficient (Wildman–Crippen LogP) is 4.98. The van der Waals surface area contributed by atoms with Gasteiger partial charge in [0.1, 0.15) is 0 Å². The van der Waals surface area contributed by atoms with Crippen molar-refractivity contribution in [1.82, 2.24) is 4.90 Å². The quantitative estimate of drug-likeness (QED) is 0.425. The summed E-state index contributed by atoms with van der Waals surface area (Å²) in [6, 6.07) is 14.2. The minimum absolute atomic E-state index is 0.182. The molecule has 0 saturated carbocycles. The van der Waals surface area contributed by atoms with Gasteiger partial charge in [-0.25, -0.2) is 0 Å². The maximum atomic E-state index is 12.6. The summed E-state index contributed by atoms with van der Waals surface area (Å²) < 4.78 is 11.3. The number of carbonyl (C=O) groups excluding carboxylic acids is 1. The number of ether oxygens (including phenoxy) is 2. The molecule has 2 aliphatic rings. The van der Waals surface area contributed by atoms with Gasteiger partial charge in [0, 0.05) is 31.9 Å². The number of hydrogen-bond acceptors (Lipinski definition) is 6. The fraction of sp³-hybridized carbons (Fsp3) is 0.385. The zero-order valence-corrected chi connectivity index (χ0v) is 20.4. The first-order valence-electron chi connectivity index (χ1n) is 11.5. The zero-order valence-electron chi connectivity index (χ0n) is 19.5. The van der Waals surface area contributed by atoms with Gasteiger partial charge < -0.3 is 19.3 Å². The van der Waals surface area contributed by atoms with Crippen LogP contribution in [0.25, 0.3) is 6.08 Å². The summed E-state index contributed by atoms with van der Waals surface area (Å²) in [6.45, 7) is 8.45. The lowest BCUT2D eigenvalue weighted by Crippen LogP contribution is -2.48. The Hall–Kier alpha value is -2.93. The van der Waals surface area contributed by atoms with Gasteiger partial charge in [-0.3, -0.25) is 4.79 Å². The number of nitrogens with zero attached hydrogens (tertiary/aromatic N) is 3. The number of amidine groups is 1. The second-order valence-corrected chi connectivity index (χ2v) is 9.19. The number of para-hydroxylation sites is 1. The molecule has 0 unspecified atom stereocenters. The number of thioether (sulfide) groups is 1. The zero-order chi connectivity index (χ0) is 23.2. The number of unbranched alkanes of at least 4 members (excludes halogenated alkanes) is 1. The molecule has 174 valence electrons. The minimum Gasteiger partial charge on any atom is -0.493 e. The highest BCUT2D eigenvalue weighted by atomic mass is 32.2. The van der Waals surface area contributed by atoms with Crippen molar-refractivity contribution in [2.75, 3.05) is 44.8 Å². The summed E-state index contributed by atoms with van der Waals surface area (Å²) >= 11 is 1.45. The SMILES string of the molecule is CCCCOc1ccc(C=C2SC(N3CCN(c4ccccc4C)CC3)=NC2=O)cc1OC. The predicted molar refractivity (Wildman–Crippen MR) is 136 cm³/mol. The molecule has 2 heterocycles. The van der Waals surface area contributed by atoms with Gasteiger partial charge >= 0.3 is 0 Å². The number of hydrogen-bond donors (Lipinski definition) is 0. The Balaban J connectivity index is 1.39. The fourth-order valence-electron chi connectivity index (χ4n) is 3.96. The van der Waals surface area contributed by atoms with Crippen LogP contribution in [0, 0.1) is 6.92 Å². The topological polar surface area (TPSA) is 54.4 Å². The van der Waals surface area contributed by atoms with Crippen LogP contribution in [0.15, 0.2) is 52.4 Å². The van der Waals surface area contributed by atoms with Crippen molar-refractivity contribution in [1.29, 1.82) is 0 Å². The number of rotatable bonds is 7. The number of methoxy groups -OCH3 is 1. The minimum atomic E-state index is -0.182. The lowest BCUT2D eigenvalue weighted by atomic mass is 10.1. The van der Waals surface area contributed by atoms with E-state index in [9.17, 15) is 4.79 Å². The molecule has 1 saturated heterocycles. The number of aliphatic imine (C=N–C) groups is 1. The van der Waals surface area contributed by atoms with Crippen LogP contribution in [0.5, 0.6) is 11.5 Å². The Labute approximate surface area is 200 Å². The summed E-state index contributed by atoms with van der Waals surface area (Å²) in [6.07, 6.45) is 3.96. The molecule has 1 amide bonds. The van der Waals surface area contributed by atoms with Crippen LogP contribution in [-0.4, -0.2) is 55.9 Å². The molecule has 0 N–H and O–H groups in total. The monoisotopic (exact) mass is 465 g/mol. The first-order chi connectivity index (χ1) is 16.1. The van der Waals surface area contributed by atoms with E-state index in [1.807, 2.05) is 24.3 Å². The molecular formula is C26H31N3O3S. The Morgan fingerprint density at radius 3 is 2.55 bits per heavy atom. The Morgan fingerprint density at radius 2 is 1.82 bits per heavy atom. The van der Waals surface area contributed by atoms with Gasteiger partial charge in [0.05, 0.1) is 18.6 Å². The molecule has 0 spiro atoms. The average molecular weight is 466 g/mol. The van der Waals surface area contributed by atoms with E-state index in [0.717, 1.165) is 55.5 Å². The highest BCUT2D eigenvalue weighted by Crippen LogP contribution is 2.34. The van der Waals surface area contributed by atoms with Gasteiger partial charge in [0.2, 0.25) is 0 Å². The lowest BCUT2D eigenvalue weighted by molar-refractivity contribution is -0.113. The fourth-order valence-corrected chi connectivity index (χ4v) is 4.93. The molecule has 0 aliphatic carbocycles. The van der Waals surface area contributed by atoms with Crippen molar-refractivity contribution in [2.45, 2.75) is 26.7 Å². The van der Waals surface area contributed by atoms with Crippen LogP contribution >= 0.6 is 11.8 Å². The number of carbonyl (C=O) groups is 1. The largest absolute Gasteiger partial charge is 0.493 e. The van der Waals surface area contributed by atoms with E-state index in [1.165, 1.54) is 23.0 Å². The number of aryl methyl sites for hydroxylation is 1. The molecule has 0 aromatic heterocycles. The van der Waals surface area contributed by atoms with E-state index < -0.39 is 0 Å². The lowest BCUT2D eigenvalue weighted by Gasteiger charge is -2.37. The molecule has 2 aromatic rings. The van der Waals surface area contributed by atoms with Crippen LogP contribution in [0.3, 0.4) is 0 Å². The van der Waals surface area contributed by atoms with E-state index in [2.05, 4.69) is 52.9 Å². The van der Waals surface area contributed by atoms with Gasteiger partial charge in [-0.2, -0.15) is 4.99 Å². The second-order valence-electron chi connectivity index (χ2n) is 8.18. The van der Waals surface area contributed by atoms with E-state index in [-0.39, 0.29) is 5.91 Å². The molecule has 33 heavy (non-hydrogen) atoms. The molecular weight excluding hydrogens is 434 g/mol. The second kappa shape index (κ2) is 10.8. The normalized spacial score (nSPS) is 17.5. The average Bonchev–Trinajstić information content (AvgIpc) is 3.20. The molecule has 0 atom stereocenters. The Bertz CT molecular complexity index is 1060. The van der Waals surface area contributed by atoms with Gasteiger partial charge in [-0.1, -0.05) is 37.6 Å². The Morgan fingerprint density at radius 1 is 1.06 bits per heavy atom. The molecule has 2 aliphatic heterocycles. The summed E-state index contributed by atoms with van der Waals surface area (Å²) in [5.41, 5.74) is 3.47. The van der Waals surface area contributed by atoms with E-state index in [4.69, 9.17) is 9.47 Å². The summed E-state index contributed by atoms with van der Waals surface area (Å²) in [5, 5.41) is 0.794. The van der Waals surface area contributed by atoms with Gasteiger partial charge in [0.15, 0.2) is 16.7 Å². The number of piperazine rings is 1. The van der Waals surface area contributed by atoms with Crippen LogP contribution in [0.1, 0.15) is 30.9 Å². The van der Waals surface area contributed by atoms with Crippen LogP contribution in [0.2, 0.25) is 0 Å². The maximum absolute atomic E-state index is 12.6. The molecule has 2 aromatic carbocycles. The highest BCUT2D eigenvalue weighted by Gasteiger charge is 2.28. The van der Waals surface area contributed by atoms with Crippen molar-refractivity contribution < 1.29 is 14.3 Å². The molecule has 0 bridgehead atoms. The molecule has 7 heteroatoms. The van der Waals surface area contributed by atoms with Crippen LogP contribution in [0.4, 0.5) is 5.69 Å². The highest BCUT2D eigenvalue weighted by molar-refractivity contribution is 8.18. The standard InChI is InChI=1S/C26H31N3O3S/c1-4-5-16-32-22-11-10-20(17-23(22)31-3)18-24-25(30)27-26(33-24)29-14-12-28(13-15-29)21-9-7-6-8-19(21)2/h6-11,17-18H,4-5,12-16H2,1-3H3. The van der Waals surface area contributed by atoms with Crippen molar-refractivity contribution in [3.63, 3.8) is 0 Å². The maximum Gasteiger partial charge on any atom is 0.286 e. The van der Waals surface area contributed by atoms with Gasteiger partial charge in [-0.15, -0.1) is 0 Å². The summed E-state index contributed by atoms with van der Waals surface area (Å²) in [7, 11) is 1.63. The van der Waals surface area contributed by atoms with Gasteiger partial charge in [-0.05, 0) is 60.5 Å². The molecule has 0 radical (unpaired) electrons. The van der Waals surface area contributed by atoms with E-state index >= 15 is 0 Å². The number of amides is 1. The Kier molecular flexibility index (Phi) is 7.60. The number of benzene rings is 2. The first-order valence-corrected chi connectivity index (χ1v) is 12.3. The smallest absolute Gasteiger partial charge is 0.286 e. The van der Waals surface area contributed by atoms with Crippen molar-refractivity contribution in [3.8, 4) is 11.5 Å². The van der Waals surface area contributed by atoms with Crippen molar-refractivity contribution in [3.05, 3.63) is 58.5 Å². The summed E-state index contributed by atoms with van der Waals surface area (Å²) in [4.78, 5) is 22.2. The van der Waals surface area contributed by atoms with Crippen LogP contribution < -0.4 is 14.4 Å². The van der Waals surface area contributed by atoms with Crippen molar-refractivity contribution in [2.24, 2.45) is 4.99 Å². The molecule has 4 rings (SSSR count). The molecule has 6 nitrogen and oxygen atoms in total. The van der Waals surface area contributed by atoms with E-state index in [0.29, 0.717) is 17.3 Å². The van der Waals surface area contributed by atoms with Crippen molar-refractivity contribution >= 4 is 34.6 Å². The third-order valence-electron chi connectivity index (χ3n) is 5.86. The van der Waals surface area contributed by atoms with Crippen LogP contribution in [-0.2, 0) is 4.79 Å². The van der Waals surface area contributed by atoms with Gasteiger partial charge in [0.25, 0.3) is 5.91 Å². The molecule has 1 fully saturated rings. The first kappa shape index (κ1) is 23.2. The third kappa shape index (κ3) is 5.53. The summed E-state index contributed by atoms with van der Waals surface area (Å²) in [5.74, 6) is 1.21. The van der Waals surface area contributed by atoms with E-state index in [1.54, 1.807) is 7.11 Å².